The molecule has 6 heterocycles. The first kappa shape index (κ1) is 51.5. The highest BCUT2D eigenvalue weighted by molar-refractivity contribution is 6.08. The van der Waals surface area contributed by atoms with Crippen molar-refractivity contribution in [3.8, 4) is 33.9 Å². The Kier molecular flexibility index (Phi) is 14.7. The van der Waals surface area contributed by atoms with Crippen LogP contribution in [0.2, 0.25) is 0 Å². The maximum Gasteiger partial charge on any atom is 0.336 e. The highest BCUT2D eigenvalue weighted by Gasteiger charge is 2.35. The number of benzene rings is 4. The summed E-state index contributed by atoms with van der Waals surface area (Å²) in [5.41, 5.74) is 3.40. The van der Waals surface area contributed by atoms with Gasteiger partial charge in [0, 0.05) is 132 Å². The molecular weight excluding hydrogens is 993 g/mol. The van der Waals surface area contributed by atoms with Crippen LogP contribution in [0.25, 0.3) is 33.4 Å². The summed E-state index contributed by atoms with van der Waals surface area (Å²) >= 11 is 0. The largest absolute Gasteiger partial charge is 0.508 e. The van der Waals surface area contributed by atoms with E-state index < -0.39 is 18.1 Å². The normalized spacial score (nSPS) is 14.9. The van der Waals surface area contributed by atoms with Crippen LogP contribution in [0.1, 0.15) is 53.2 Å². The number of phenolic OH excluding ortho intramolecular Hbond substituents is 2. The molecule has 0 radical (unpaired) electrons. The molecule has 2 saturated heterocycles. The minimum Gasteiger partial charge on any atom is -0.508 e. The zero-order valence-electron chi connectivity index (χ0n) is 42.2. The van der Waals surface area contributed by atoms with Crippen LogP contribution < -0.4 is 20.5 Å². The number of aliphatic hydroxyl groups is 2. The Hall–Kier alpha value is -9.03. The Bertz CT molecular complexity index is 3470. The van der Waals surface area contributed by atoms with Gasteiger partial charge in [0.2, 0.25) is 29.7 Å². The third-order valence-electron chi connectivity index (χ3n) is 13.8. The molecule has 2 fully saturated rings. The molecule has 0 spiro atoms. The van der Waals surface area contributed by atoms with Gasteiger partial charge >= 0.3 is 5.97 Å². The zero-order chi connectivity index (χ0) is 53.9. The molecule has 4 aliphatic rings. The fourth-order valence-electron chi connectivity index (χ4n) is 9.87. The molecule has 24 nitrogen and oxygen atoms in total. The average molecular weight is 1050 g/mol. The van der Waals surface area contributed by atoms with Gasteiger partial charge in [-0.3, -0.25) is 14.4 Å². The van der Waals surface area contributed by atoms with Gasteiger partial charge in [-0.1, -0.05) is 42.5 Å². The number of carbonyl (C=O) groups is 3. The lowest BCUT2D eigenvalue weighted by atomic mass is 9.90. The summed E-state index contributed by atoms with van der Waals surface area (Å²) in [6.45, 7) is 6.25. The molecule has 3 aromatic carbocycles. The molecule has 77 heavy (non-hydrogen) atoms. The number of aromatic carboxylic acids is 1. The van der Waals surface area contributed by atoms with Gasteiger partial charge < -0.3 is 54.9 Å². The molecule has 0 bridgehead atoms. The van der Waals surface area contributed by atoms with E-state index in [1.54, 1.807) is 75.4 Å². The minimum atomic E-state index is -1.24. The van der Waals surface area contributed by atoms with E-state index in [0.29, 0.717) is 96.7 Å². The standard InChI is InChI=1S/C53H56N14O10/c1-31(2)47(67-30-35(14-24-69)59-61-67)49(74)63-17-21-65(22-18-63)53-56-51(54-33-5-10-39(42(26-33)50(75)76)46-40-11-8-37(71)27-44(40)77-45-28-38(72)9-12-41(45)46)55-52(57-53)64-19-15-62(16-20-64)48(73)43(25-32-3-6-36(70)7-4-32)66-29-34(13-23-68)58-60-66/h3-12,26-31,43,47,68-71H,13-25H2,1-2H3,(H,75,76)(H,54,55,56,57)/t43-,47-/m0/s1. The Balaban J connectivity index is 0.943. The van der Waals surface area contributed by atoms with Crippen molar-refractivity contribution < 1.29 is 44.3 Å². The van der Waals surface area contributed by atoms with Crippen LogP contribution in [-0.4, -0.2) is 164 Å². The Morgan fingerprint density at radius 2 is 1.27 bits per heavy atom. The van der Waals surface area contributed by atoms with Crippen molar-refractivity contribution in [1.82, 2.24) is 54.7 Å². The quantitative estimate of drug-likeness (QED) is 0.0711. The van der Waals surface area contributed by atoms with Crippen molar-refractivity contribution >= 4 is 52.3 Å². The van der Waals surface area contributed by atoms with Gasteiger partial charge in [-0.05, 0) is 65.6 Å². The summed E-state index contributed by atoms with van der Waals surface area (Å²) in [7, 11) is 0. The van der Waals surface area contributed by atoms with Crippen molar-refractivity contribution in [2.75, 3.05) is 80.7 Å². The van der Waals surface area contributed by atoms with E-state index in [1.807, 2.05) is 23.6 Å². The first-order valence-electron chi connectivity index (χ1n) is 25.2. The maximum atomic E-state index is 14.5. The second-order valence-corrected chi connectivity index (χ2v) is 19.3. The number of rotatable bonds is 17. The van der Waals surface area contributed by atoms with E-state index in [0.717, 1.165) is 5.56 Å². The molecule has 3 aliphatic heterocycles. The lowest BCUT2D eigenvalue weighted by molar-refractivity contribution is -0.137. The number of aromatic hydroxyl groups is 2. The fraction of sp³-hybridized carbons (Fsp3) is 0.340. The lowest BCUT2D eigenvalue weighted by Gasteiger charge is -2.38. The van der Waals surface area contributed by atoms with E-state index in [-0.39, 0.29) is 96.7 Å². The molecule has 0 unspecified atom stereocenters. The van der Waals surface area contributed by atoms with Crippen LogP contribution in [0.5, 0.6) is 11.5 Å². The minimum absolute atomic E-state index is 0.0748. The van der Waals surface area contributed by atoms with Crippen LogP contribution in [-0.2, 0) is 28.9 Å². The van der Waals surface area contributed by atoms with Crippen molar-refractivity contribution in [2.45, 2.75) is 45.2 Å². The topological polar surface area (TPSA) is 308 Å². The highest BCUT2D eigenvalue weighted by atomic mass is 16.4. The smallest absolute Gasteiger partial charge is 0.336 e. The van der Waals surface area contributed by atoms with Gasteiger partial charge in [0.15, 0.2) is 5.43 Å². The molecule has 398 valence electrons. The van der Waals surface area contributed by atoms with Gasteiger partial charge in [-0.15, -0.1) is 10.2 Å². The third-order valence-corrected chi connectivity index (χ3v) is 13.8. The van der Waals surface area contributed by atoms with Crippen molar-refractivity contribution in [1.29, 1.82) is 0 Å². The van der Waals surface area contributed by atoms with E-state index in [9.17, 15) is 44.7 Å². The van der Waals surface area contributed by atoms with Gasteiger partial charge in [-0.2, -0.15) is 15.0 Å². The van der Waals surface area contributed by atoms with E-state index in [1.165, 1.54) is 35.0 Å². The number of aromatic nitrogens is 9. The molecule has 2 amide bonds. The highest BCUT2D eigenvalue weighted by Crippen LogP contribution is 2.43. The number of carboxylic acid groups (broad SMARTS) is 1. The number of amides is 2. The number of carbonyl (C=O) groups excluding carboxylic acids is 2. The predicted molar refractivity (Wildman–Crippen MR) is 280 cm³/mol. The molecule has 1 aliphatic carbocycles. The first-order chi connectivity index (χ1) is 37.2. The number of fused-ring (bicyclic) bond motifs is 2. The maximum absolute atomic E-state index is 14.5. The Morgan fingerprint density at radius 3 is 1.90 bits per heavy atom. The molecule has 6 aromatic rings. The lowest BCUT2D eigenvalue weighted by Crippen LogP contribution is -2.52. The predicted octanol–water partition coefficient (Wildman–Crippen LogP) is 3.53. The number of hydrogen-bond donors (Lipinski definition) is 6. The number of nitrogens with one attached hydrogen (secondary N) is 1. The molecule has 10 rings (SSSR count). The number of hydrogen-bond acceptors (Lipinski definition) is 19. The average Bonchev–Trinajstić information content (AvgIpc) is 4.09. The van der Waals surface area contributed by atoms with Crippen LogP contribution in [0.15, 0.2) is 100 Å². The summed E-state index contributed by atoms with van der Waals surface area (Å²) < 4.78 is 9.09. The Morgan fingerprint density at radius 1 is 0.675 bits per heavy atom. The van der Waals surface area contributed by atoms with Gasteiger partial charge in [0.1, 0.15) is 34.9 Å². The molecule has 6 N–H and O–H groups in total. The monoisotopic (exact) mass is 1050 g/mol. The summed E-state index contributed by atoms with van der Waals surface area (Å²) in [6, 6.07) is 18.8. The second-order valence-electron chi connectivity index (χ2n) is 19.3. The molecule has 3 aromatic heterocycles. The SMILES string of the molecule is CC(C)[C@@H](C(=O)N1CCN(c2nc(Nc3ccc(-c4c5ccc(=O)cc-5oc5cc(O)ccc45)c(C(=O)O)c3)nc(N3CCN(C(=O)[C@H](Cc4ccc(O)cc4)n4cc(CCO)nn4)CC3)n2)CC1)n1cc(CCO)nn1. The summed E-state index contributed by atoms with van der Waals surface area (Å²) in [4.78, 5) is 76.3. The summed E-state index contributed by atoms with van der Waals surface area (Å²) in [5.74, 6) is -0.749. The second kappa shape index (κ2) is 22.0. The number of carboxylic acids is 1. The van der Waals surface area contributed by atoms with Crippen LogP contribution >= 0.6 is 0 Å². The molecule has 0 saturated carbocycles. The van der Waals surface area contributed by atoms with E-state index in [4.69, 9.17) is 19.4 Å². The van der Waals surface area contributed by atoms with Crippen molar-refractivity contribution in [3.63, 3.8) is 0 Å². The van der Waals surface area contributed by atoms with Crippen LogP contribution in [0.3, 0.4) is 0 Å². The van der Waals surface area contributed by atoms with E-state index in [2.05, 4.69) is 25.9 Å². The fourth-order valence-corrected chi connectivity index (χ4v) is 9.87. The van der Waals surface area contributed by atoms with Crippen molar-refractivity contribution in [3.05, 3.63) is 124 Å². The first-order valence-corrected chi connectivity index (χ1v) is 25.2. The van der Waals surface area contributed by atoms with E-state index >= 15 is 0 Å². The molecule has 24 heteroatoms. The zero-order valence-corrected chi connectivity index (χ0v) is 42.2. The number of phenols is 2. The number of nitrogens with zero attached hydrogens (tertiary/aromatic N) is 13. The summed E-state index contributed by atoms with van der Waals surface area (Å²) in [5, 5.41) is 70.5. The van der Waals surface area contributed by atoms with Crippen molar-refractivity contribution in [2.24, 2.45) is 5.92 Å². The number of anilines is 4. The number of piperazine rings is 2. The van der Waals surface area contributed by atoms with Gasteiger partial charge in [0.25, 0.3) is 0 Å². The van der Waals surface area contributed by atoms with Gasteiger partial charge in [0.05, 0.1) is 17.0 Å². The Labute approximate surface area is 439 Å². The number of aliphatic hydroxyl groups excluding tert-OH is 2. The van der Waals surface area contributed by atoms with Gasteiger partial charge in [-0.25, -0.2) is 14.2 Å². The molecular formula is C53H56N14O10. The third kappa shape index (κ3) is 11.0. The van der Waals surface area contributed by atoms with Crippen LogP contribution in [0.4, 0.5) is 23.5 Å². The summed E-state index contributed by atoms with van der Waals surface area (Å²) in [6.07, 6.45) is 4.21. The molecule has 2 atom stereocenters. The van der Waals surface area contributed by atoms with Crippen LogP contribution in [0, 0.1) is 5.92 Å².